The van der Waals surface area contributed by atoms with E-state index in [0.29, 0.717) is 37.9 Å². The van der Waals surface area contributed by atoms with E-state index in [1.807, 2.05) is 54.6 Å². The van der Waals surface area contributed by atoms with Gasteiger partial charge in [-0.1, -0.05) is 53.7 Å². The molecular weight excluding hydrogens is 438 g/mol. The Morgan fingerprint density at radius 3 is 2.32 bits per heavy atom. The monoisotopic (exact) mass is 460 g/mol. The first kappa shape index (κ1) is 21.9. The van der Waals surface area contributed by atoms with E-state index in [0.717, 1.165) is 29.3 Å². The van der Waals surface area contributed by atoms with Crippen LogP contribution in [0.5, 0.6) is 0 Å². The average Bonchev–Trinajstić information content (AvgIpc) is 3.37. The van der Waals surface area contributed by atoms with Crippen LogP contribution in [0.1, 0.15) is 15.9 Å². The molecule has 1 amide bonds. The molecule has 34 heavy (non-hydrogen) atoms. The minimum absolute atomic E-state index is 0.221. The quantitative estimate of drug-likeness (QED) is 0.434. The summed E-state index contributed by atoms with van der Waals surface area (Å²) in [5.74, 6) is -1.57. The fourth-order valence-corrected chi connectivity index (χ4v) is 4.00. The zero-order valence-electron chi connectivity index (χ0n) is 18.3. The van der Waals surface area contributed by atoms with Gasteiger partial charge in [-0.15, -0.1) is 0 Å². The van der Waals surface area contributed by atoms with Crippen molar-refractivity contribution in [3.05, 3.63) is 95.6 Å². The maximum atomic E-state index is 14.0. The number of carbonyl (C=O) groups excluding carboxylic acids is 1. The Kier molecular flexibility index (Phi) is 6.14. The third-order valence-electron chi connectivity index (χ3n) is 5.91. The van der Waals surface area contributed by atoms with Gasteiger partial charge in [0.05, 0.1) is 5.56 Å². The Labute approximate surface area is 195 Å². The van der Waals surface area contributed by atoms with Gasteiger partial charge in [-0.3, -0.25) is 9.69 Å². The lowest BCUT2D eigenvalue weighted by Gasteiger charge is -2.34. The standard InChI is InChI=1S/C26H22F2N4O2/c27-22-8-4-7-21(23(22)28)26(33)32-15-13-31(14-16-32)17-18-9-11-19(12-10-18)24-29-25(34-30-24)20-5-2-1-3-6-20/h1-12H,13-17H2. The fraction of sp³-hybridized carbons (Fsp3) is 0.192. The number of carbonyl (C=O) groups is 1. The van der Waals surface area contributed by atoms with Crippen LogP contribution in [0.2, 0.25) is 0 Å². The maximum absolute atomic E-state index is 14.0. The summed E-state index contributed by atoms with van der Waals surface area (Å²) in [7, 11) is 0. The second-order valence-corrected chi connectivity index (χ2v) is 8.16. The van der Waals surface area contributed by atoms with Gasteiger partial charge in [0, 0.05) is 43.9 Å². The average molecular weight is 460 g/mol. The Balaban J connectivity index is 1.18. The van der Waals surface area contributed by atoms with Crippen molar-refractivity contribution in [2.45, 2.75) is 6.54 Å². The van der Waals surface area contributed by atoms with Crippen molar-refractivity contribution in [1.29, 1.82) is 0 Å². The summed E-state index contributed by atoms with van der Waals surface area (Å²) in [5, 5.41) is 4.09. The zero-order valence-corrected chi connectivity index (χ0v) is 18.3. The Hall–Kier alpha value is -3.91. The summed E-state index contributed by atoms with van der Waals surface area (Å²) in [6, 6.07) is 21.3. The highest BCUT2D eigenvalue weighted by molar-refractivity contribution is 5.94. The number of amides is 1. The summed E-state index contributed by atoms with van der Waals surface area (Å²) in [6.07, 6.45) is 0. The second-order valence-electron chi connectivity index (χ2n) is 8.16. The summed E-state index contributed by atoms with van der Waals surface area (Å²) in [4.78, 5) is 20.9. The van der Waals surface area contributed by atoms with Gasteiger partial charge in [0.25, 0.3) is 11.8 Å². The highest BCUT2D eigenvalue weighted by Gasteiger charge is 2.25. The molecule has 1 saturated heterocycles. The molecular formula is C26H22F2N4O2. The molecule has 8 heteroatoms. The van der Waals surface area contributed by atoms with Crippen molar-refractivity contribution in [2.75, 3.05) is 26.2 Å². The molecule has 0 saturated carbocycles. The van der Waals surface area contributed by atoms with Crippen LogP contribution in [0.3, 0.4) is 0 Å². The molecule has 0 bridgehead atoms. The van der Waals surface area contributed by atoms with Gasteiger partial charge in [-0.2, -0.15) is 4.98 Å². The van der Waals surface area contributed by atoms with Gasteiger partial charge < -0.3 is 9.42 Å². The number of benzene rings is 3. The molecule has 2 heterocycles. The molecule has 0 atom stereocenters. The van der Waals surface area contributed by atoms with Crippen molar-refractivity contribution >= 4 is 5.91 Å². The number of rotatable bonds is 5. The van der Waals surface area contributed by atoms with Crippen LogP contribution in [0.4, 0.5) is 8.78 Å². The molecule has 5 rings (SSSR count). The third-order valence-corrected chi connectivity index (χ3v) is 5.91. The minimum Gasteiger partial charge on any atom is -0.336 e. The largest absolute Gasteiger partial charge is 0.336 e. The molecule has 1 aromatic heterocycles. The summed E-state index contributed by atoms with van der Waals surface area (Å²) in [5.41, 5.74) is 2.63. The smallest absolute Gasteiger partial charge is 0.258 e. The molecule has 4 aromatic rings. The first-order chi connectivity index (χ1) is 16.6. The van der Waals surface area contributed by atoms with E-state index in [2.05, 4.69) is 15.0 Å². The lowest BCUT2D eigenvalue weighted by Crippen LogP contribution is -2.48. The van der Waals surface area contributed by atoms with Crippen LogP contribution in [0, 0.1) is 11.6 Å². The molecule has 1 fully saturated rings. The molecule has 0 spiro atoms. The number of halogens is 2. The summed E-state index contributed by atoms with van der Waals surface area (Å²) < 4.78 is 32.8. The Morgan fingerprint density at radius 1 is 0.853 bits per heavy atom. The van der Waals surface area contributed by atoms with Gasteiger partial charge in [-0.25, -0.2) is 8.78 Å². The van der Waals surface area contributed by atoms with Crippen molar-refractivity contribution < 1.29 is 18.1 Å². The van der Waals surface area contributed by atoms with Crippen LogP contribution in [-0.2, 0) is 6.54 Å². The molecule has 0 N–H and O–H groups in total. The Morgan fingerprint density at radius 2 is 1.59 bits per heavy atom. The van der Waals surface area contributed by atoms with Crippen LogP contribution in [-0.4, -0.2) is 52.0 Å². The predicted molar refractivity (Wildman–Crippen MR) is 123 cm³/mol. The normalized spacial score (nSPS) is 14.4. The minimum atomic E-state index is -1.09. The van der Waals surface area contributed by atoms with Gasteiger partial charge in [0.15, 0.2) is 11.6 Å². The lowest BCUT2D eigenvalue weighted by atomic mass is 10.1. The molecule has 0 radical (unpaired) electrons. The van der Waals surface area contributed by atoms with Gasteiger partial charge in [0.1, 0.15) is 0 Å². The summed E-state index contributed by atoms with van der Waals surface area (Å²) in [6.45, 7) is 2.93. The lowest BCUT2D eigenvalue weighted by molar-refractivity contribution is 0.0623. The third kappa shape index (κ3) is 4.58. The van der Waals surface area contributed by atoms with Crippen LogP contribution < -0.4 is 0 Å². The van der Waals surface area contributed by atoms with Crippen LogP contribution >= 0.6 is 0 Å². The van der Waals surface area contributed by atoms with Crippen molar-refractivity contribution in [3.8, 4) is 22.8 Å². The van der Waals surface area contributed by atoms with E-state index >= 15 is 0 Å². The number of nitrogens with zero attached hydrogens (tertiary/aromatic N) is 4. The van der Waals surface area contributed by atoms with Gasteiger partial charge >= 0.3 is 0 Å². The zero-order chi connectivity index (χ0) is 23.5. The molecule has 0 unspecified atom stereocenters. The van der Waals surface area contributed by atoms with E-state index in [1.165, 1.54) is 12.1 Å². The first-order valence-electron chi connectivity index (χ1n) is 11.0. The fourth-order valence-electron chi connectivity index (χ4n) is 4.00. The van der Waals surface area contributed by atoms with Gasteiger partial charge in [0.2, 0.25) is 5.82 Å². The van der Waals surface area contributed by atoms with Crippen molar-refractivity contribution in [3.63, 3.8) is 0 Å². The van der Waals surface area contributed by atoms with Crippen LogP contribution in [0.15, 0.2) is 77.3 Å². The van der Waals surface area contributed by atoms with E-state index < -0.39 is 17.5 Å². The molecule has 172 valence electrons. The highest BCUT2D eigenvalue weighted by Crippen LogP contribution is 2.23. The summed E-state index contributed by atoms with van der Waals surface area (Å²) >= 11 is 0. The molecule has 0 aliphatic carbocycles. The van der Waals surface area contributed by atoms with E-state index in [9.17, 15) is 13.6 Å². The maximum Gasteiger partial charge on any atom is 0.258 e. The molecule has 6 nitrogen and oxygen atoms in total. The van der Waals surface area contributed by atoms with E-state index in [-0.39, 0.29) is 5.56 Å². The molecule has 1 aliphatic heterocycles. The molecule has 1 aliphatic rings. The predicted octanol–water partition coefficient (Wildman–Crippen LogP) is 4.64. The number of hydrogen-bond acceptors (Lipinski definition) is 5. The topological polar surface area (TPSA) is 62.5 Å². The van der Waals surface area contributed by atoms with Crippen LogP contribution in [0.25, 0.3) is 22.8 Å². The Bertz CT molecular complexity index is 1280. The van der Waals surface area contributed by atoms with Crippen molar-refractivity contribution in [1.82, 2.24) is 19.9 Å². The highest BCUT2D eigenvalue weighted by atomic mass is 19.2. The number of hydrogen-bond donors (Lipinski definition) is 0. The first-order valence-corrected chi connectivity index (χ1v) is 11.0. The molecule has 3 aromatic carbocycles. The SMILES string of the molecule is O=C(c1cccc(F)c1F)N1CCN(Cc2ccc(-c3noc(-c4ccccc4)n3)cc2)CC1. The van der Waals surface area contributed by atoms with Gasteiger partial charge in [-0.05, 0) is 29.8 Å². The number of piperazine rings is 1. The van der Waals surface area contributed by atoms with E-state index in [1.54, 1.807) is 4.90 Å². The van der Waals surface area contributed by atoms with Crippen molar-refractivity contribution in [2.24, 2.45) is 0 Å². The second kappa shape index (κ2) is 9.52. The number of aromatic nitrogens is 2. The van der Waals surface area contributed by atoms with E-state index in [4.69, 9.17) is 4.52 Å².